The fraction of sp³-hybridized carbons (Fsp3) is 0. The first-order valence-electron chi connectivity index (χ1n) is 16.8. The van der Waals surface area contributed by atoms with Crippen LogP contribution >= 0.6 is 0 Å². The summed E-state index contributed by atoms with van der Waals surface area (Å²) in [6.45, 7) is 0. The van der Waals surface area contributed by atoms with E-state index < -0.39 is 0 Å². The van der Waals surface area contributed by atoms with E-state index in [1.165, 1.54) is 77.7 Å². The predicted octanol–water partition coefficient (Wildman–Crippen LogP) is 12.5. The van der Waals surface area contributed by atoms with Gasteiger partial charge in [0.15, 0.2) is 0 Å². The number of aromatic nitrogens is 2. The number of hydrogen-bond donors (Lipinski definition) is 0. The van der Waals surface area contributed by atoms with Gasteiger partial charge in [-0.2, -0.15) is 0 Å². The van der Waals surface area contributed by atoms with Crippen LogP contribution in [0, 0.1) is 0 Å². The lowest BCUT2D eigenvalue weighted by Gasteiger charge is -2.25. The molecule has 0 amide bonds. The van der Waals surface area contributed by atoms with Gasteiger partial charge >= 0.3 is 0 Å². The molecular weight excluding hydrogens is 593 g/mol. The summed E-state index contributed by atoms with van der Waals surface area (Å²) in [5.41, 5.74) is 18.4. The first-order valence-corrected chi connectivity index (χ1v) is 16.8. The molecule has 49 heavy (non-hydrogen) atoms. The maximum Gasteiger partial charge on any atom is 0.0571 e. The van der Waals surface area contributed by atoms with Crippen LogP contribution < -0.4 is 0 Å². The summed E-state index contributed by atoms with van der Waals surface area (Å²) < 4.78 is 2.33. The zero-order chi connectivity index (χ0) is 32.3. The fourth-order valence-electron chi connectivity index (χ4n) is 7.89. The lowest BCUT2D eigenvalue weighted by Crippen LogP contribution is -1.98. The number of pyridine rings is 1. The highest BCUT2D eigenvalue weighted by molar-refractivity contribution is 6.10. The Bertz CT molecular complexity index is 2690. The van der Waals surface area contributed by atoms with E-state index in [0.717, 1.165) is 16.6 Å². The van der Waals surface area contributed by atoms with Crippen molar-refractivity contribution < 1.29 is 0 Å². The molecule has 0 radical (unpaired) electrons. The van der Waals surface area contributed by atoms with E-state index >= 15 is 0 Å². The molecule has 0 fully saturated rings. The second-order valence-corrected chi connectivity index (χ2v) is 12.7. The average Bonchev–Trinajstić information content (AvgIpc) is 3.51. The van der Waals surface area contributed by atoms with Crippen molar-refractivity contribution in [1.82, 2.24) is 9.55 Å². The van der Waals surface area contributed by atoms with Crippen LogP contribution in [-0.4, -0.2) is 9.55 Å². The molecule has 2 nitrogen and oxygen atoms in total. The molecule has 0 unspecified atom stereocenters. The van der Waals surface area contributed by atoms with Gasteiger partial charge in [-0.15, -0.1) is 0 Å². The molecule has 1 aliphatic rings. The van der Waals surface area contributed by atoms with Gasteiger partial charge in [0.25, 0.3) is 0 Å². The quantitative estimate of drug-likeness (QED) is 0.192. The van der Waals surface area contributed by atoms with Gasteiger partial charge in [0, 0.05) is 28.9 Å². The number of fused-ring (bicyclic) bond motifs is 11. The Morgan fingerprint density at radius 3 is 1.55 bits per heavy atom. The van der Waals surface area contributed by atoms with Gasteiger partial charge in [-0.25, -0.2) is 0 Å². The van der Waals surface area contributed by atoms with Crippen LogP contribution in [0.5, 0.6) is 0 Å². The Kier molecular flexibility index (Phi) is 6.22. The molecule has 0 saturated carbocycles. The minimum atomic E-state index is 1.15. The molecule has 0 spiro atoms. The monoisotopic (exact) mass is 622 g/mol. The number of nitrogens with zero attached hydrogens (tertiary/aromatic N) is 2. The van der Waals surface area contributed by atoms with Crippen LogP contribution in [0.4, 0.5) is 0 Å². The van der Waals surface area contributed by atoms with Crippen LogP contribution in [0.2, 0.25) is 0 Å². The zero-order valence-corrected chi connectivity index (χ0v) is 26.7. The van der Waals surface area contributed by atoms with Crippen molar-refractivity contribution in [1.29, 1.82) is 0 Å². The number of rotatable bonds is 3. The molecular formula is C47H30N2. The van der Waals surface area contributed by atoms with Crippen molar-refractivity contribution in [3.63, 3.8) is 0 Å². The zero-order valence-electron chi connectivity index (χ0n) is 26.7. The maximum absolute atomic E-state index is 4.49. The van der Waals surface area contributed by atoms with Crippen molar-refractivity contribution >= 4 is 21.8 Å². The van der Waals surface area contributed by atoms with Gasteiger partial charge in [-0.05, 0) is 97.1 Å². The molecule has 2 aromatic heterocycles. The van der Waals surface area contributed by atoms with E-state index in [0.29, 0.717) is 0 Å². The van der Waals surface area contributed by atoms with E-state index in [1.54, 1.807) is 0 Å². The number of benzene rings is 7. The van der Waals surface area contributed by atoms with E-state index in [9.17, 15) is 0 Å². The summed E-state index contributed by atoms with van der Waals surface area (Å²) in [5, 5.41) is 2.36. The largest absolute Gasteiger partial charge is 0.309 e. The van der Waals surface area contributed by atoms with E-state index in [-0.39, 0.29) is 0 Å². The van der Waals surface area contributed by atoms with Crippen molar-refractivity contribution in [3.05, 3.63) is 182 Å². The Balaban J connectivity index is 1.13. The lowest BCUT2D eigenvalue weighted by atomic mass is 9.78. The Hall–Kier alpha value is -6.51. The molecule has 0 atom stereocenters. The first-order chi connectivity index (χ1) is 24.3. The van der Waals surface area contributed by atoms with Gasteiger partial charge in [-0.3, -0.25) is 4.98 Å². The van der Waals surface area contributed by atoms with Gasteiger partial charge < -0.3 is 4.57 Å². The Morgan fingerprint density at radius 1 is 0.347 bits per heavy atom. The highest BCUT2D eigenvalue weighted by Crippen LogP contribution is 2.50. The SMILES string of the molecule is c1ccc(-n2c3ccncc3c3cc(-c4ccc(-c5cccc6c5-c5ccccc5-c5ccccc5-c5ccccc5-6)cc4)ccc32)cc1. The van der Waals surface area contributed by atoms with E-state index in [4.69, 9.17) is 0 Å². The molecule has 0 aliphatic heterocycles. The van der Waals surface area contributed by atoms with Gasteiger partial charge in [0.05, 0.1) is 11.0 Å². The highest BCUT2D eigenvalue weighted by atomic mass is 15.0. The second-order valence-electron chi connectivity index (χ2n) is 12.7. The standard InChI is InChI=1S/C47H30N2/c1-2-11-34(12-3-1)49-45-26-25-33(29-43(45)44-30-48-28-27-46(44)49)31-21-23-32(24-22-31)35-19-10-20-42-40-16-7-6-15-38(40)36-13-4-5-14-37(36)39-17-8-9-18-41(39)47(35)42/h1-30H. The minimum Gasteiger partial charge on any atom is -0.309 e. The molecule has 1 aliphatic carbocycles. The lowest BCUT2D eigenvalue weighted by molar-refractivity contribution is 1.17. The van der Waals surface area contributed by atoms with Gasteiger partial charge in [-0.1, -0.05) is 140 Å². The second kappa shape index (κ2) is 11.0. The number of para-hydroxylation sites is 1. The van der Waals surface area contributed by atoms with Crippen LogP contribution in [0.1, 0.15) is 0 Å². The summed E-state index contributed by atoms with van der Waals surface area (Å²) in [5.74, 6) is 0. The minimum absolute atomic E-state index is 1.15. The van der Waals surface area contributed by atoms with Gasteiger partial charge in [0.2, 0.25) is 0 Å². The Labute approximate surface area is 285 Å². The summed E-state index contributed by atoms with van der Waals surface area (Å²) >= 11 is 0. The Morgan fingerprint density at radius 2 is 0.857 bits per heavy atom. The van der Waals surface area contributed by atoms with Gasteiger partial charge in [0.1, 0.15) is 0 Å². The van der Waals surface area contributed by atoms with Crippen LogP contribution in [0.25, 0.3) is 94.3 Å². The van der Waals surface area contributed by atoms with Crippen LogP contribution in [0.15, 0.2) is 182 Å². The third-order valence-corrected chi connectivity index (χ3v) is 10.1. The molecule has 2 heterocycles. The molecule has 0 saturated heterocycles. The normalized spacial score (nSPS) is 11.7. The molecule has 0 N–H and O–H groups in total. The summed E-state index contributed by atoms with van der Waals surface area (Å²) in [7, 11) is 0. The molecule has 228 valence electrons. The number of hydrogen-bond acceptors (Lipinski definition) is 1. The molecule has 10 rings (SSSR count). The van der Waals surface area contributed by atoms with Crippen molar-refractivity contribution in [3.8, 4) is 72.4 Å². The third-order valence-electron chi connectivity index (χ3n) is 10.1. The highest BCUT2D eigenvalue weighted by Gasteiger charge is 2.24. The molecule has 9 aromatic rings. The molecule has 2 heteroatoms. The predicted molar refractivity (Wildman–Crippen MR) is 205 cm³/mol. The van der Waals surface area contributed by atoms with Crippen molar-refractivity contribution in [2.24, 2.45) is 0 Å². The first kappa shape index (κ1) is 27.6. The van der Waals surface area contributed by atoms with Crippen LogP contribution in [0.3, 0.4) is 0 Å². The molecule has 7 aromatic carbocycles. The molecule has 0 bridgehead atoms. The summed E-state index contributed by atoms with van der Waals surface area (Å²) in [6, 6.07) is 61.9. The van der Waals surface area contributed by atoms with Crippen molar-refractivity contribution in [2.45, 2.75) is 0 Å². The summed E-state index contributed by atoms with van der Waals surface area (Å²) in [4.78, 5) is 4.49. The fourth-order valence-corrected chi connectivity index (χ4v) is 7.89. The third kappa shape index (κ3) is 4.31. The maximum atomic E-state index is 4.49. The van der Waals surface area contributed by atoms with E-state index in [2.05, 4.69) is 179 Å². The van der Waals surface area contributed by atoms with E-state index in [1.807, 2.05) is 12.4 Å². The topological polar surface area (TPSA) is 17.8 Å². The average molecular weight is 623 g/mol. The van der Waals surface area contributed by atoms with Crippen LogP contribution in [-0.2, 0) is 0 Å². The smallest absolute Gasteiger partial charge is 0.0571 e. The van der Waals surface area contributed by atoms with Crippen molar-refractivity contribution in [2.75, 3.05) is 0 Å². The summed E-state index contributed by atoms with van der Waals surface area (Å²) in [6.07, 6.45) is 3.86.